The Hall–Kier alpha value is -3.28. The molecule has 3 aromatic rings. The molecule has 6 nitrogen and oxygen atoms in total. The van der Waals surface area contributed by atoms with Crippen LogP contribution in [0.5, 0.6) is 0 Å². The van der Waals surface area contributed by atoms with Crippen molar-refractivity contribution >= 4 is 11.6 Å². The lowest BCUT2D eigenvalue weighted by molar-refractivity contribution is 0.0945. The van der Waals surface area contributed by atoms with Gasteiger partial charge in [-0.3, -0.25) is 14.8 Å². The second kappa shape index (κ2) is 7.82. The Balaban J connectivity index is 1.53. The number of hydrogen-bond acceptors (Lipinski definition) is 5. The Bertz CT molecular complexity index is 776. The molecule has 24 heavy (non-hydrogen) atoms. The zero-order valence-corrected chi connectivity index (χ0v) is 13.0. The Morgan fingerprint density at radius 1 is 0.833 bits per heavy atom. The van der Waals surface area contributed by atoms with E-state index in [1.54, 1.807) is 24.7 Å². The topological polar surface area (TPSA) is 79.8 Å². The first-order valence-electron chi connectivity index (χ1n) is 7.59. The Kier molecular flexibility index (Phi) is 5.09. The molecule has 0 fully saturated rings. The maximum atomic E-state index is 12.1. The lowest BCUT2D eigenvalue weighted by Gasteiger charge is -2.07. The summed E-state index contributed by atoms with van der Waals surface area (Å²) in [5.41, 5.74) is 2.95. The molecule has 0 saturated heterocycles. The van der Waals surface area contributed by atoms with Gasteiger partial charge >= 0.3 is 0 Å². The average Bonchev–Trinajstić information content (AvgIpc) is 2.66. The molecule has 0 unspecified atom stereocenters. The molecule has 0 radical (unpaired) electrons. The van der Waals surface area contributed by atoms with Gasteiger partial charge in [-0.05, 0) is 36.4 Å². The second-order valence-electron chi connectivity index (χ2n) is 5.11. The summed E-state index contributed by atoms with van der Waals surface area (Å²) in [6.07, 6.45) is 5.09. The van der Waals surface area contributed by atoms with Gasteiger partial charge in [-0.1, -0.05) is 12.1 Å². The summed E-state index contributed by atoms with van der Waals surface area (Å²) in [5.74, 6) is -0.225. The lowest BCUT2D eigenvalue weighted by atomic mass is 10.3. The summed E-state index contributed by atoms with van der Waals surface area (Å²) in [4.78, 5) is 24.7. The number of carbonyl (C=O) groups excluding carboxylic acids is 1. The van der Waals surface area contributed by atoms with Crippen LogP contribution in [0.1, 0.15) is 21.9 Å². The van der Waals surface area contributed by atoms with Crippen molar-refractivity contribution in [3.05, 3.63) is 84.2 Å². The molecule has 0 aliphatic carbocycles. The van der Waals surface area contributed by atoms with Crippen LogP contribution in [0.25, 0.3) is 0 Å². The van der Waals surface area contributed by atoms with Gasteiger partial charge in [0.25, 0.3) is 5.91 Å². The summed E-state index contributed by atoms with van der Waals surface area (Å²) >= 11 is 0. The first kappa shape index (κ1) is 15.6. The summed E-state index contributed by atoms with van der Waals surface area (Å²) in [6, 6.07) is 14.9. The number of rotatable bonds is 6. The molecule has 0 aromatic carbocycles. The van der Waals surface area contributed by atoms with E-state index < -0.39 is 0 Å². The van der Waals surface area contributed by atoms with E-state index in [0.29, 0.717) is 18.8 Å². The number of carbonyl (C=O) groups is 1. The van der Waals surface area contributed by atoms with E-state index >= 15 is 0 Å². The van der Waals surface area contributed by atoms with Crippen molar-refractivity contribution in [3.8, 4) is 0 Å². The van der Waals surface area contributed by atoms with Crippen molar-refractivity contribution in [1.29, 1.82) is 0 Å². The van der Waals surface area contributed by atoms with E-state index in [-0.39, 0.29) is 5.91 Å². The average molecular weight is 319 g/mol. The third-order valence-electron chi connectivity index (χ3n) is 3.35. The fraction of sp³-hybridized carbons (Fsp3) is 0.111. The quantitative estimate of drug-likeness (QED) is 0.729. The van der Waals surface area contributed by atoms with Crippen LogP contribution in [-0.4, -0.2) is 20.9 Å². The normalized spacial score (nSPS) is 10.2. The van der Waals surface area contributed by atoms with E-state index in [1.807, 2.05) is 42.5 Å². The fourth-order valence-electron chi connectivity index (χ4n) is 2.09. The number of pyridine rings is 3. The maximum Gasteiger partial charge on any atom is 0.270 e. The molecular formula is C18H17N5O. The van der Waals surface area contributed by atoms with Gasteiger partial charge in [0.15, 0.2) is 0 Å². The van der Waals surface area contributed by atoms with E-state index in [4.69, 9.17) is 0 Å². The van der Waals surface area contributed by atoms with E-state index in [9.17, 15) is 4.79 Å². The van der Waals surface area contributed by atoms with E-state index in [1.165, 1.54) is 0 Å². The van der Waals surface area contributed by atoms with Crippen LogP contribution in [0, 0.1) is 0 Å². The Morgan fingerprint density at radius 3 is 2.12 bits per heavy atom. The second-order valence-corrected chi connectivity index (χ2v) is 5.11. The Morgan fingerprint density at radius 2 is 1.54 bits per heavy atom. The highest BCUT2D eigenvalue weighted by Gasteiger charge is 2.07. The molecule has 0 atom stereocenters. The highest BCUT2D eigenvalue weighted by Crippen LogP contribution is 2.08. The van der Waals surface area contributed by atoms with Crippen LogP contribution >= 0.6 is 0 Å². The molecule has 0 saturated carbocycles. The van der Waals surface area contributed by atoms with Crippen molar-refractivity contribution in [1.82, 2.24) is 20.3 Å². The lowest BCUT2D eigenvalue weighted by Crippen LogP contribution is -2.24. The van der Waals surface area contributed by atoms with Crippen molar-refractivity contribution < 1.29 is 4.79 Å². The molecule has 3 rings (SSSR count). The zero-order chi connectivity index (χ0) is 16.6. The van der Waals surface area contributed by atoms with E-state index in [0.717, 1.165) is 17.1 Å². The van der Waals surface area contributed by atoms with Gasteiger partial charge < -0.3 is 10.6 Å². The van der Waals surface area contributed by atoms with Gasteiger partial charge in [-0.2, -0.15) is 0 Å². The van der Waals surface area contributed by atoms with Gasteiger partial charge in [0.05, 0.1) is 36.4 Å². The smallest absolute Gasteiger partial charge is 0.270 e. The van der Waals surface area contributed by atoms with Crippen LogP contribution in [0.3, 0.4) is 0 Å². The van der Waals surface area contributed by atoms with Gasteiger partial charge in [0.2, 0.25) is 0 Å². The minimum absolute atomic E-state index is 0.225. The van der Waals surface area contributed by atoms with Crippen molar-refractivity contribution in [2.24, 2.45) is 0 Å². The van der Waals surface area contributed by atoms with Crippen LogP contribution < -0.4 is 10.6 Å². The van der Waals surface area contributed by atoms with Crippen LogP contribution in [0.15, 0.2) is 67.1 Å². The van der Waals surface area contributed by atoms with Crippen LogP contribution in [0.2, 0.25) is 0 Å². The van der Waals surface area contributed by atoms with Crippen molar-refractivity contribution in [3.63, 3.8) is 0 Å². The molecule has 0 spiro atoms. The molecule has 0 aliphatic rings. The van der Waals surface area contributed by atoms with Gasteiger partial charge in [-0.25, -0.2) is 4.98 Å². The van der Waals surface area contributed by atoms with Gasteiger partial charge in [0, 0.05) is 12.4 Å². The summed E-state index contributed by atoms with van der Waals surface area (Å²) in [6.45, 7) is 0.981. The third-order valence-corrected chi connectivity index (χ3v) is 3.35. The SMILES string of the molecule is O=C(NCc1ccccn1)c1ccc(NCc2ccccn2)cn1. The van der Waals surface area contributed by atoms with E-state index in [2.05, 4.69) is 25.6 Å². The Labute approximate surface area is 140 Å². The maximum absolute atomic E-state index is 12.1. The highest BCUT2D eigenvalue weighted by molar-refractivity contribution is 5.92. The number of amides is 1. The molecule has 0 aliphatic heterocycles. The minimum atomic E-state index is -0.225. The minimum Gasteiger partial charge on any atom is -0.378 e. The molecule has 120 valence electrons. The first-order valence-corrected chi connectivity index (χ1v) is 7.59. The fourth-order valence-corrected chi connectivity index (χ4v) is 2.09. The standard InChI is InChI=1S/C18H17N5O/c24-18(23-13-15-6-2-4-10-20-15)17-8-7-16(12-22-17)21-11-14-5-1-3-9-19-14/h1-10,12,21H,11,13H2,(H,23,24). The molecule has 0 bridgehead atoms. The highest BCUT2D eigenvalue weighted by atomic mass is 16.1. The number of aromatic nitrogens is 3. The summed E-state index contributed by atoms with van der Waals surface area (Å²) < 4.78 is 0. The molecule has 2 N–H and O–H groups in total. The van der Waals surface area contributed by atoms with Crippen molar-refractivity contribution in [2.45, 2.75) is 13.1 Å². The summed E-state index contributed by atoms with van der Waals surface area (Å²) in [5, 5.41) is 6.02. The monoisotopic (exact) mass is 319 g/mol. The largest absolute Gasteiger partial charge is 0.378 e. The van der Waals surface area contributed by atoms with Crippen LogP contribution in [-0.2, 0) is 13.1 Å². The third kappa shape index (κ3) is 4.36. The summed E-state index contributed by atoms with van der Waals surface area (Å²) in [7, 11) is 0. The molecule has 6 heteroatoms. The first-order chi connectivity index (χ1) is 11.8. The molecular weight excluding hydrogens is 302 g/mol. The van der Waals surface area contributed by atoms with Gasteiger partial charge in [-0.15, -0.1) is 0 Å². The predicted octanol–water partition coefficient (Wildman–Crippen LogP) is 2.41. The molecule has 1 amide bonds. The van der Waals surface area contributed by atoms with Crippen LogP contribution in [0.4, 0.5) is 5.69 Å². The number of hydrogen-bond donors (Lipinski definition) is 2. The molecule has 3 aromatic heterocycles. The number of nitrogens with one attached hydrogen (secondary N) is 2. The zero-order valence-electron chi connectivity index (χ0n) is 13.0. The van der Waals surface area contributed by atoms with Gasteiger partial charge in [0.1, 0.15) is 5.69 Å². The molecule has 3 heterocycles. The number of anilines is 1. The van der Waals surface area contributed by atoms with Crippen molar-refractivity contribution in [2.75, 3.05) is 5.32 Å². The number of nitrogens with zero attached hydrogens (tertiary/aromatic N) is 3. The predicted molar refractivity (Wildman–Crippen MR) is 91.2 cm³/mol.